The molecule has 6 nitrogen and oxygen atoms in total. The highest BCUT2D eigenvalue weighted by Gasteiger charge is 2.22. The van der Waals surface area contributed by atoms with E-state index in [0.29, 0.717) is 28.1 Å². The van der Waals surface area contributed by atoms with E-state index in [1.165, 1.54) is 11.3 Å². The van der Waals surface area contributed by atoms with E-state index in [1.54, 1.807) is 11.6 Å². The molecule has 0 aliphatic carbocycles. The quantitative estimate of drug-likeness (QED) is 0.461. The first kappa shape index (κ1) is 20.3. The van der Waals surface area contributed by atoms with Crippen LogP contribution in [0.4, 0.5) is 5.13 Å². The van der Waals surface area contributed by atoms with Gasteiger partial charge in [0.15, 0.2) is 5.13 Å². The van der Waals surface area contributed by atoms with Crippen molar-refractivity contribution in [3.63, 3.8) is 0 Å². The van der Waals surface area contributed by atoms with Crippen molar-refractivity contribution in [3.05, 3.63) is 81.1 Å². The van der Waals surface area contributed by atoms with E-state index < -0.39 is 0 Å². The average molecular weight is 438 g/mol. The number of nitrogens with zero attached hydrogens (tertiary/aromatic N) is 4. The zero-order valence-electron chi connectivity index (χ0n) is 16.8. The first-order valence-corrected chi connectivity index (χ1v) is 10.6. The van der Waals surface area contributed by atoms with Crippen molar-refractivity contribution in [1.82, 2.24) is 19.7 Å². The van der Waals surface area contributed by atoms with Crippen molar-refractivity contribution >= 4 is 34.0 Å². The summed E-state index contributed by atoms with van der Waals surface area (Å²) in [5.41, 5.74) is 4.45. The Morgan fingerprint density at radius 2 is 1.83 bits per heavy atom. The molecular weight excluding hydrogens is 418 g/mol. The predicted octanol–water partition coefficient (Wildman–Crippen LogP) is 5.28. The standard InChI is InChI=1S/C22H20ClN5OS/c1-13-8-7-11-17(24-13)19-15(3)30-22(25-19)26-21(29)18-14(2)27-28(20(18)23)12-16-9-5-4-6-10-16/h4-11H,12H2,1-3H3,(H,25,26,29). The van der Waals surface area contributed by atoms with Gasteiger partial charge in [-0.2, -0.15) is 5.10 Å². The molecule has 0 atom stereocenters. The van der Waals surface area contributed by atoms with Crippen molar-refractivity contribution in [1.29, 1.82) is 0 Å². The van der Waals surface area contributed by atoms with Gasteiger partial charge in [-0.3, -0.25) is 15.1 Å². The van der Waals surface area contributed by atoms with Gasteiger partial charge in [-0.15, -0.1) is 11.3 Å². The lowest BCUT2D eigenvalue weighted by Crippen LogP contribution is -2.13. The fourth-order valence-corrected chi connectivity index (χ4v) is 4.33. The minimum Gasteiger partial charge on any atom is -0.298 e. The summed E-state index contributed by atoms with van der Waals surface area (Å²) in [4.78, 5) is 23.0. The normalized spacial score (nSPS) is 10.9. The number of halogens is 1. The van der Waals surface area contributed by atoms with Gasteiger partial charge in [0, 0.05) is 10.6 Å². The van der Waals surface area contributed by atoms with E-state index in [1.807, 2.05) is 62.4 Å². The average Bonchev–Trinajstić information content (AvgIpc) is 3.21. The van der Waals surface area contributed by atoms with Gasteiger partial charge in [-0.05, 0) is 38.5 Å². The molecule has 0 saturated carbocycles. The van der Waals surface area contributed by atoms with Crippen LogP contribution in [-0.2, 0) is 6.54 Å². The molecule has 0 spiro atoms. The molecule has 0 radical (unpaired) electrons. The Hall–Kier alpha value is -3.03. The maximum atomic E-state index is 12.9. The Labute approximate surface area is 183 Å². The molecule has 1 N–H and O–H groups in total. The predicted molar refractivity (Wildman–Crippen MR) is 120 cm³/mol. The van der Waals surface area contributed by atoms with Crippen LogP contribution in [0.5, 0.6) is 0 Å². The molecule has 152 valence electrons. The number of thiazole rings is 1. The van der Waals surface area contributed by atoms with Gasteiger partial charge >= 0.3 is 0 Å². The Morgan fingerprint density at radius 1 is 1.07 bits per heavy atom. The number of amides is 1. The van der Waals surface area contributed by atoms with Crippen LogP contribution in [0.1, 0.15) is 32.2 Å². The fraction of sp³-hybridized carbons (Fsp3) is 0.182. The molecule has 0 bridgehead atoms. The van der Waals surface area contributed by atoms with Gasteiger partial charge in [0.05, 0.1) is 23.5 Å². The highest BCUT2D eigenvalue weighted by Crippen LogP contribution is 2.30. The first-order valence-electron chi connectivity index (χ1n) is 9.42. The number of aromatic nitrogens is 4. The van der Waals surface area contributed by atoms with Crippen LogP contribution in [0.15, 0.2) is 48.5 Å². The van der Waals surface area contributed by atoms with Gasteiger partial charge in [0.1, 0.15) is 10.8 Å². The third-order valence-corrected chi connectivity index (χ3v) is 5.89. The number of nitrogens with one attached hydrogen (secondary N) is 1. The lowest BCUT2D eigenvalue weighted by atomic mass is 10.2. The van der Waals surface area contributed by atoms with E-state index in [2.05, 4.69) is 20.4 Å². The zero-order chi connectivity index (χ0) is 21.3. The number of benzene rings is 1. The highest BCUT2D eigenvalue weighted by atomic mass is 35.5. The third kappa shape index (κ3) is 4.13. The number of carbonyl (C=O) groups is 1. The van der Waals surface area contributed by atoms with Gasteiger partial charge in [0.25, 0.3) is 5.91 Å². The molecule has 0 aliphatic heterocycles. The highest BCUT2D eigenvalue weighted by molar-refractivity contribution is 7.16. The molecular formula is C22H20ClN5OS. The van der Waals surface area contributed by atoms with E-state index >= 15 is 0 Å². The molecule has 0 aliphatic rings. The molecule has 1 aromatic carbocycles. The molecule has 3 heterocycles. The molecule has 3 aromatic heterocycles. The molecule has 8 heteroatoms. The lowest BCUT2D eigenvalue weighted by molar-refractivity contribution is 0.102. The summed E-state index contributed by atoms with van der Waals surface area (Å²) in [5, 5.41) is 8.12. The van der Waals surface area contributed by atoms with Crippen molar-refractivity contribution in [2.45, 2.75) is 27.3 Å². The molecule has 30 heavy (non-hydrogen) atoms. The second-order valence-corrected chi connectivity index (χ2v) is 8.50. The van der Waals surface area contributed by atoms with E-state index in [4.69, 9.17) is 11.6 Å². The van der Waals surface area contributed by atoms with Crippen molar-refractivity contribution in [2.75, 3.05) is 5.32 Å². The monoisotopic (exact) mass is 437 g/mol. The van der Waals surface area contributed by atoms with Gasteiger partial charge in [0.2, 0.25) is 0 Å². The number of carbonyl (C=O) groups excluding carboxylic acids is 1. The smallest absolute Gasteiger partial charge is 0.262 e. The number of rotatable bonds is 5. The fourth-order valence-electron chi connectivity index (χ4n) is 3.19. The van der Waals surface area contributed by atoms with Gasteiger partial charge in [-0.1, -0.05) is 48.0 Å². The second kappa shape index (κ2) is 8.38. The Balaban J connectivity index is 1.57. The summed E-state index contributed by atoms with van der Waals surface area (Å²) in [6, 6.07) is 15.6. The van der Waals surface area contributed by atoms with Gasteiger partial charge in [-0.25, -0.2) is 9.67 Å². The van der Waals surface area contributed by atoms with Crippen LogP contribution < -0.4 is 5.32 Å². The Kier molecular flexibility index (Phi) is 5.65. The zero-order valence-corrected chi connectivity index (χ0v) is 18.4. The molecule has 4 rings (SSSR count). The van der Waals surface area contributed by atoms with E-state index in [9.17, 15) is 4.79 Å². The van der Waals surface area contributed by atoms with Crippen LogP contribution in [0.2, 0.25) is 5.15 Å². The summed E-state index contributed by atoms with van der Waals surface area (Å²) in [6.07, 6.45) is 0. The molecule has 0 unspecified atom stereocenters. The topological polar surface area (TPSA) is 72.7 Å². The third-order valence-electron chi connectivity index (χ3n) is 4.62. The van der Waals surface area contributed by atoms with Crippen LogP contribution >= 0.6 is 22.9 Å². The summed E-state index contributed by atoms with van der Waals surface area (Å²) in [6.45, 7) is 6.17. The molecule has 1 amide bonds. The number of aryl methyl sites for hydroxylation is 3. The summed E-state index contributed by atoms with van der Waals surface area (Å²) in [7, 11) is 0. The summed E-state index contributed by atoms with van der Waals surface area (Å²) >= 11 is 7.91. The number of hydrogen-bond donors (Lipinski definition) is 1. The second-order valence-electron chi connectivity index (χ2n) is 6.94. The minimum absolute atomic E-state index is 0.308. The van der Waals surface area contributed by atoms with Gasteiger partial charge < -0.3 is 0 Å². The maximum absolute atomic E-state index is 12.9. The molecule has 4 aromatic rings. The van der Waals surface area contributed by atoms with Crippen LogP contribution in [0, 0.1) is 20.8 Å². The maximum Gasteiger partial charge on any atom is 0.262 e. The molecule has 0 fully saturated rings. The SMILES string of the molecule is Cc1cccc(-c2nc(NC(=O)c3c(C)nn(Cc4ccccc4)c3Cl)sc2C)n1. The Morgan fingerprint density at radius 3 is 2.57 bits per heavy atom. The summed E-state index contributed by atoms with van der Waals surface area (Å²) in [5.74, 6) is -0.325. The summed E-state index contributed by atoms with van der Waals surface area (Å²) < 4.78 is 1.64. The van der Waals surface area contributed by atoms with Crippen molar-refractivity contribution in [2.24, 2.45) is 0 Å². The van der Waals surface area contributed by atoms with Crippen LogP contribution in [0.3, 0.4) is 0 Å². The Bertz CT molecular complexity index is 1220. The lowest BCUT2D eigenvalue weighted by Gasteiger charge is -2.04. The van der Waals surface area contributed by atoms with E-state index in [0.717, 1.165) is 27.5 Å². The molecule has 0 saturated heterocycles. The van der Waals surface area contributed by atoms with Crippen molar-refractivity contribution in [3.8, 4) is 11.4 Å². The van der Waals surface area contributed by atoms with E-state index in [-0.39, 0.29) is 5.91 Å². The van der Waals surface area contributed by atoms with Crippen molar-refractivity contribution < 1.29 is 4.79 Å². The van der Waals surface area contributed by atoms with Crippen LogP contribution in [-0.4, -0.2) is 25.7 Å². The number of pyridine rings is 1. The first-order chi connectivity index (χ1) is 14.4. The largest absolute Gasteiger partial charge is 0.298 e. The number of hydrogen-bond acceptors (Lipinski definition) is 5. The van der Waals surface area contributed by atoms with Crippen LogP contribution in [0.25, 0.3) is 11.4 Å². The number of anilines is 1. The minimum atomic E-state index is -0.325.